The standard InChI is InChI=1S/C20H20N2OS/c23-20(18-14-16-8-4-5-9-17(16)21-18)22-11-10-19(24-13-12-22)15-6-2-1-3-7-15/h1-9,14,19,21H,10-13H2. The normalized spacial score (nSPS) is 18.5. The molecular weight excluding hydrogens is 316 g/mol. The van der Waals surface area contributed by atoms with Crippen molar-refractivity contribution in [1.29, 1.82) is 0 Å². The van der Waals surface area contributed by atoms with Crippen molar-refractivity contribution in [2.75, 3.05) is 18.8 Å². The molecule has 1 aliphatic heterocycles. The van der Waals surface area contributed by atoms with Crippen molar-refractivity contribution >= 4 is 28.6 Å². The smallest absolute Gasteiger partial charge is 0.270 e. The molecule has 1 amide bonds. The molecule has 1 saturated heterocycles. The van der Waals surface area contributed by atoms with Crippen LogP contribution in [-0.2, 0) is 0 Å². The highest BCUT2D eigenvalue weighted by Crippen LogP contribution is 2.34. The molecule has 0 saturated carbocycles. The number of hydrogen-bond acceptors (Lipinski definition) is 2. The Morgan fingerprint density at radius 2 is 1.83 bits per heavy atom. The fraction of sp³-hybridized carbons (Fsp3) is 0.250. The molecule has 1 aliphatic rings. The van der Waals surface area contributed by atoms with E-state index in [1.807, 2.05) is 47.0 Å². The zero-order valence-corrected chi connectivity index (χ0v) is 14.3. The number of aromatic nitrogens is 1. The number of aromatic amines is 1. The maximum Gasteiger partial charge on any atom is 0.270 e. The predicted octanol–water partition coefficient (Wildman–Crippen LogP) is 4.49. The van der Waals surface area contributed by atoms with Crippen molar-refractivity contribution in [1.82, 2.24) is 9.88 Å². The summed E-state index contributed by atoms with van der Waals surface area (Å²) in [5.74, 6) is 1.09. The molecule has 1 fully saturated rings. The summed E-state index contributed by atoms with van der Waals surface area (Å²) in [7, 11) is 0. The topological polar surface area (TPSA) is 36.1 Å². The third-order valence-electron chi connectivity index (χ3n) is 4.56. The Morgan fingerprint density at radius 1 is 1.04 bits per heavy atom. The van der Waals surface area contributed by atoms with Crippen LogP contribution in [0.3, 0.4) is 0 Å². The molecule has 1 unspecified atom stereocenters. The summed E-state index contributed by atoms with van der Waals surface area (Å²) in [6.07, 6.45) is 1.00. The Labute approximate surface area is 146 Å². The Hall–Kier alpha value is -2.20. The number of thioether (sulfide) groups is 1. The van der Waals surface area contributed by atoms with Crippen LogP contribution in [0.25, 0.3) is 10.9 Å². The van der Waals surface area contributed by atoms with Gasteiger partial charge in [-0.25, -0.2) is 0 Å². The molecule has 122 valence electrons. The van der Waals surface area contributed by atoms with Crippen LogP contribution in [0.15, 0.2) is 60.7 Å². The van der Waals surface area contributed by atoms with Crippen molar-refractivity contribution in [3.63, 3.8) is 0 Å². The summed E-state index contributed by atoms with van der Waals surface area (Å²) in [4.78, 5) is 18.1. The van der Waals surface area contributed by atoms with Gasteiger partial charge in [0.25, 0.3) is 5.91 Å². The minimum absolute atomic E-state index is 0.112. The third-order valence-corrected chi connectivity index (χ3v) is 5.89. The number of hydrogen-bond donors (Lipinski definition) is 1. The molecule has 1 atom stereocenters. The van der Waals surface area contributed by atoms with Gasteiger partial charge < -0.3 is 9.88 Å². The zero-order chi connectivity index (χ0) is 16.4. The van der Waals surface area contributed by atoms with Gasteiger partial charge in [-0.05, 0) is 24.1 Å². The number of nitrogens with zero attached hydrogens (tertiary/aromatic N) is 1. The molecule has 3 aromatic rings. The van der Waals surface area contributed by atoms with Crippen molar-refractivity contribution < 1.29 is 4.79 Å². The number of benzene rings is 2. The molecule has 2 aromatic carbocycles. The largest absolute Gasteiger partial charge is 0.351 e. The monoisotopic (exact) mass is 336 g/mol. The van der Waals surface area contributed by atoms with Gasteiger partial charge in [-0.2, -0.15) is 11.8 Å². The average Bonchev–Trinajstić information content (AvgIpc) is 2.91. The predicted molar refractivity (Wildman–Crippen MR) is 100 cm³/mol. The zero-order valence-electron chi connectivity index (χ0n) is 13.4. The molecule has 0 spiro atoms. The summed E-state index contributed by atoms with van der Waals surface area (Å²) in [5, 5.41) is 1.57. The van der Waals surface area contributed by atoms with Crippen LogP contribution < -0.4 is 0 Å². The lowest BCUT2D eigenvalue weighted by atomic mass is 10.1. The number of fused-ring (bicyclic) bond motifs is 1. The van der Waals surface area contributed by atoms with E-state index in [1.165, 1.54) is 5.56 Å². The van der Waals surface area contributed by atoms with Gasteiger partial charge in [0.05, 0.1) is 0 Å². The lowest BCUT2D eigenvalue weighted by Crippen LogP contribution is -2.33. The van der Waals surface area contributed by atoms with Crippen LogP contribution in [0.4, 0.5) is 0 Å². The van der Waals surface area contributed by atoms with E-state index in [9.17, 15) is 4.79 Å². The molecule has 4 heteroatoms. The van der Waals surface area contributed by atoms with Crippen molar-refractivity contribution in [3.8, 4) is 0 Å². The second-order valence-corrected chi connectivity index (χ2v) is 7.43. The van der Waals surface area contributed by atoms with Crippen molar-refractivity contribution in [3.05, 3.63) is 71.9 Å². The number of H-pyrrole nitrogens is 1. The van der Waals surface area contributed by atoms with Crippen LogP contribution in [0.1, 0.15) is 27.7 Å². The van der Waals surface area contributed by atoms with Gasteiger partial charge in [-0.1, -0.05) is 48.5 Å². The fourth-order valence-corrected chi connectivity index (χ4v) is 4.50. The van der Waals surface area contributed by atoms with E-state index >= 15 is 0 Å². The summed E-state index contributed by atoms with van der Waals surface area (Å²) in [6.45, 7) is 1.61. The minimum Gasteiger partial charge on any atom is -0.351 e. The van der Waals surface area contributed by atoms with Crippen LogP contribution in [0.2, 0.25) is 0 Å². The summed E-state index contributed by atoms with van der Waals surface area (Å²) < 4.78 is 0. The highest BCUT2D eigenvalue weighted by molar-refractivity contribution is 7.99. The molecule has 24 heavy (non-hydrogen) atoms. The van der Waals surface area contributed by atoms with E-state index < -0.39 is 0 Å². The maximum atomic E-state index is 12.9. The fourth-order valence-electron chi connectivity index (χ4n) is 3.27. The Bertz CT molecular complexity index is 810. The van der Waals surface area contributed by atoms with Gasteiger partial charge in [-0.3, -0.25) is 4.79 Å². The Morgan fingerprint density at radius 3 is 2.67 bits per heavy atom. The first-order chi connectivity index (χ1) is 11.8. The van der Waals surface area contributed by atoms with Crippen molar-refractivity contribution in [2.24, 2.45) is 0 Å². The molecule has 3 nitrogen and oxygen atoms in total. The number of rotatable bonds is 2. The lowest BCUT2D eigenvalue weighted by molar-refractivity contribution is 0.0761. The number of amides is 1. The second-order valence-electron chi connectivity index (χ2n) is 6.12. The lowest BCUT2D eigenvalue weighted by Gasteiger charge is -2.19. The van der Waals surface area contributed by atoms with Crippen LogP contribution in [0, 0.1) is 0 Å². The van der Waals surface area contributed by atoms with E-state index in [4.69, 9.17) is 0 Å². The number of carbonyl (C=O) groups is 1. The summed E-state index contributed by atoms with van der Waals surface area (Å²) in [5.41, 5.74) is 3.08. The number of para-hydroxylation sites is 1. The first-order valence-corrected chi connectivity index (χ1v) is 9.40. The molecule has 0 radical (unpaired) electrons. The number of nitrogens with one attached hydrogen (secondary N) is 1. The van der Waals surface area contributed by atoms with E-state index in [2.05, 4.69) is 35.3 Å². The molecule has 0 aliphatic carbocycles. The molecular formula is C20H20N2OS. The first kappa shape index (κ1) is 15.3. The summed E-state index contributed by atoms with van der Waals surface area (Å²) in [6, 6.07) is 20.6. The number of carbonyl (C=O) groups excluding carboxylic acids is 1. The van der Waals surface area contributed by atoms with Crippen LogP contribution in [-0.4, -0.2) is 34.6 Å². The quantitative estimate of drug-likeness (QED) is 0.748. The van der Waals surface area contributed by atoms with E-state index in [-0.39, 0.29) is 5.91 Å². The maximum absolute atomic E-state index is 12.9. The highest BCUT2D eigenvalue weighted by Gasteiger charge is 2.23. The minimum atomic E-state index is 0.112. The molecule has 1 N–H and O–H groups in total. The van der Waals surface area contributed by atoms with Gasteiger partial charge in [0.1, 0.15) is 5.69 Å². The highest BCUT2D eigenvalue weighted by atomic mass is 32.2. The van der Waals surface area contributed by atoms with E-state index in [0.29, 0.717) is 10.9 Å². The van der Waals surface area contributed by atoms with Crippen LogP contribution >= 0.6 is 11.8 Å². The molecule has 1 aromatic heterocycles. The third kappa shape index (κ3) is 3.06. The van der Waals surface area contributed by atoms with Crippen molar-refractivity contribution in [2.45, 2.75) is 11.7 Å². The van der Waals surface area contributed by atoms with Gasteiger partial charge in [0.15, 0.2) is 0 Å². The van der Waals surface area contributed by atoms with E-state index in [0.717, 1.165) is 36.2 Å². The molecule has 0 bridgehead atoms. The van der Waals surface area contributed by atoms with Gasteiger partial charge in [-0.15, -0.1) is 0 Å². The summed E-state index contributed by atoms with van der Waals surface area (Å²) >= 11 is 1.95. The first-order valence-electron chi connectivity index (χ1n) is 8.35. The van der Waals surface area contributed by atoms with Gasteiger partial charge in [0.2, 0.25) is 0 Å². The molecule has 2 heterocycles. The van der Waals surface area contributed by atoms with E-state index in [1.54, 1.807) is 0 Å². The van der Waals surface area contributed by atoms with Gasteiger partial charge in [0, 0.05) is 35.0 Å². The SMILES string of the molecule is O=C(c1cc2ccccc2[nH]1)N1CCSC(c2ccccc2)CC1. The molecule has 4 rings (SSSR count). The van der Waals surface area contributed by atoms with Gasteiger partial charge >= 0.3 is 0 Å². The Balaban J connectivity index is 1.49. The van der Waals surface area contributed by atoms with Crippen LogP contribution in [0.5, 0.6) is 0 Å². The Kier molecular flexibility index (Phi) is 4.30. The second kappa shape index (κ2) is 6.73. The average molecular weight is 336 g/mol.